The van der Waals surface area contributed by atoms with Crippen LogP contribution in [-0.4, -0.2) is 40.5 Å². The zero-order chi connectivity index (χ0) is 15.5. The Kier molecular flexibility index (Phi) is 8.66. The topological polar surface area (TPSA) is 71.8 Å². The number of rotatable bonds is 11. The number of carbonyl (C=O) groups excluding carboxylic acids is 1. The van der Waals surface area contributed by atoms with Crippen molar-refractivity contribution in [3.8, 4) is 0 Å². The number of nitrogens with zero attached hydrogens (tertiary/aromatic N) is 3. The van der Waals surface area contributed by atoms with Crippen molar-refractivity contribution in [2.24, 2.45) is 0 Å². The minimum absolute atomic E-state index is 0.101. The first-order valence-electron chi connectivity index (χ1n) is 7.94. The van der Waals surface area contributed by atoms with E-state index in [0.717, 1.165) is 50.9 Å². The van der Waals surface area contributed by atoms with Gasteiger partial charge in [-0.1, -0.05) is 19.1 Å². The number of amides is 1. The van der Waals surface area contributed by atoms with Crippen LogP contribution < -0.4 is 10.6 Å². The van der Waals surface area contributed by atoms with Crippen LogP contribution in [0.1, 0.15) is 51.6 Å². The SMILES string of the molecule is CNC(=O)CCCCn1cc(CCCCNC(C)C)nn1. The normalized spacial score (nSPS) is 11.0. The lowest BCUT2D eigenvalue weighted by atomic mass is 10.2. The molecule has 0 spiro atoms. The minimum Gasteiger partial charge on any atom is -0.359 e. The van der Waals surface area contributed by atoms with Crippen LogP contribution in [-0.2, 0) is 17.8 Å². The highest BCUT2D eigenvalue weighted by Crippen LogP contribution is 2.03. The Labute approximate surface area is 127 Å². The average Bonchev–Trinajstić information content (AvgIpc) is 2.90. The number of unbranched alkanes of at least 4 members (excludes halogenated alkanes) is 2. The Morgan fingerprint density at radius 3 is 2.81 bits per heavy atom. The largest absolute Gasteiger partial charge is 0.359 e. The van der Waals surface area contributed by atoms with E-state index in [1.165, 1.54) is 0 Å². The number of hydrogen-bond acceptors (Lipinski definition) is 4. The average molecular weight is 295 g/mol. The molecule has 120 valence electrons. The molecule has 21 heavy (non-hydrogen) atoms. The van der Waals surface area contributed by atoms with Gasteiger partial charge >= 0.3 is 0 Å². The maximum absolute atomic E-state index is 11.1. The molecule has 0 atom stereocenters. The second-order valence-corrected chi connectivity index (χ2v) is 5.67. The molecule has 1 aromatic rings. The van der Waals surface area contributed by atoms with Crippen molar-refractivity contribution in [1.29, 1.82) is 0 Å². The molecule has 0 aliphatic heterocycles. The Morgan fingerprint density at radius 1 is 1.29 bits per heavy atom. The third-order valence-electron chi connectivity index (χ3n) is 3.32. The second-order valence-electron chi connectivity index (χ2n) is 5.67. The van der Waals surface area contributed by atoms with Gasteiger partial charge in [0.05, 0.1) is 5.69 Å². The van der Waals surface area contributed by atoms with Crippen LogP contribution in [0, 0.1) is 0 Å². The van der Waals surface area contributed by atoms with E-state index in [0.29, 0.717) is 12.5 Å². The summed E-state index contributed by atoms with van der Waals surface area (Å²) in [7, 11) is 1.67. The van der Waals surface area contributed by atoms with Gasteiger partial charge in [0.1, 0.15) is 0 Å². The summed E-state index contributed by atoms with van der Waals surface area (Å²) in [6.07, 6.45) is 7.73. The van der Waals surface area contributed by atoms with E-state index in [9.17, 15) is 4.79 Å². The lowest BCUT2D eigenvalue weighted by Gasteiger charge is -2.06. The molecule has 1 heterocycles. The van der Waals surface area contributed by atoms with Gasteiger partial charge in [-0.3, -0.25) is 9.48 Å². The maximum Gasteiger partial charge on any atom is 0.219 e. The van der Waals surface area contributed by atoms with E-state index in [-0.39, 0.29) is 5.91 Å². The molecule has 2 N–H and O–H groups in total. The van der Waals surface area contributed by atoms with E-state index >= 15 is 0 Å². The van der Waals surface area contributed by atoms with Gasteiger partial charge in [-0.05, 0) is 38.6 Å². The van der Waals surface area contributed by atoms with Crippen molar-refractivity contribution in [3.63, 3.8) is 0 Å². The third-order valence-corrected chi connectivity index (χ3v) is 3.32. The molecule has 6 heteroatoms. The molecule has 0 aliphatic rings. The molecule has 6 nitrogen and oxygen atoms in total. The molecule has 0 saturated carbocycles. The Hall–Kier alpha value is -1.43. The zero-order valence-corrected chi connectivity index (χ0v) is 13.6. The summed E-state index contributed by atoms with van der Waals surface area (Å²) in [6, 6.07) is 0.556. The summed E-state index contributed by atoms with van der Waals surface area (Å²) in [5, 5.41) is 14.4. The van der Waals surface area contributed by atoms with Crippen molar-refractivity contribution < 1.29 is 4.79 Å². The zero-order valence-electron chi connectivity index (χ0n) is 13.6. The number of nitrogens with one attached hydrogen (secondary N) is 2. The van der Waals surface area contributed by atoms with Gasteiger partial charge in [0.2, 0.25) is 5.91 Å². The lowest BCUT2D eigenvalue weighted by Crippen LogP contribution is -2.23. The lowest BCUT2D eigenvalue weighted by molar-refractivity contribution is -0.120. The highest BCUT2D eigenvalue weighted by molar-refractivity contribution is 5.75. The first kappa shape index (κ1) is 17.6. The van der Waals surface area contributed by atoms with Gasteiger partial charge in [-0.25, -0.2) is 0 Å². The molecule has 0 radical (unpaired) electrons. The third kappa shape index (κ3) is 8.45. The molecular weight excluding hydrogens is 266 g/mol. The molecule has 0 fully saturated rings. The van der Waals surface area contributed by atoms with E-state index < -0.39 is 0 Å². The number of aryl methyl sites for hydroxylation is 2. The van der Waals surface area contributed by atoms with Crippen molar-refractivity contribution in [2.45, 2.75) is 65.0 Å². The van der Waals surface area contributed by atoms with Crippen LogP contribution in [0.2, 0.25) is 0 Å². The molecule has 1 rings (SSSR count). The summed E-state index contributed by atoms with van der Waals surface area (Å²) < 4.78 is 1.88. The summed E-state index contributed by atoms with van der Waals surface area (Å²) >= 11 is 0. The Balaban J connectivity index is 2.11. The first-order valence-corrected chi connectivity index (χ1v) is 7.94. The quantitative estimate of drug-likeness (QED) is 0.607. The van der Waals surface area contributed by atoms with E-state index in [4.69, 9.17) is 0 Å². The summed E-state index contributed by atoms with van der Waals surface area (Å²) in [5.74, 6) is 0.101. The Morgan fingerprint density at radius 2 is 2.10 bits per heavy atom. The van der Waals surface area contributed by atoms with Crippen LogP contribution in [0.3, 0.4) is 0 Å². The van der Waals surface area contributed by atoms with Gasteiger partial charge in [0.15, 0.2) is 0 Å². The summed E-state index contributed by atoms with van der Waals surface area (Å²) in [6.45, 7) is 6.22. The monoisotopic (exact) mass is 295 g/mol. The number of carbonyl (C=O) groups is 1. The predicted octanol–water partition coefficient (Wildman–Crippen LogP) is 1.52. The minimum atomic E-state index is 0.101. The van der Waals surface area contributed by atoms with Gasteiger partial charge < -0.3 is 10.6 Å². The standard InChI is InChI=1S/C15H29N5O/c1-13(2)17-10-6-4-8-14-12-20(19-18-14)11-7-5-9-15(21)16-3/h12-13,17H,4-11H2,1-3H3,(H,16,21). The fourth-order valence-electron chi connectivity index (χ4n) is 2.07. The van der Waals surface area contributed by atoms with Gasteiger partial charge in [-0.15, -0.1) is 5.10 Å². The van der Waals surface area contributed by atoms with Crippen molar-refractivity contribution >= 4 is 5.91 Å². The predicted molar refractivity (Wildman–Crippen MR) is 84.0 cm³/mol. The van der Waals surface area contributed by atoms with Gasteiger partial charge in [-0.2, -0.15) is 0 Å². The first-order chi connectivity index (χ1) is 10.1. The molecule has 0 bridgehead atoms. The molecular formula is C15H29N5O. The fourth-order valence-corrected chi connectivity index (χ4v) is 2.07. The number of hydrogen-bond donors (Lipinski definition) is 2. The van der Waals surface area contributed by atoms with E-state index in [1.807, 2.05) is 10.9 Å². The highest BCUT2D eigenvalue weighted by atomic mass is 16.1. The Bertz CT molecular complexity index is 403. The van der Waals surface area contributed by atoms with Crippen molar-refractivity contribution in [3.05, 3.63) is 11.9 Å². The van der Waals surface area contributed by atoms with Crippen LogP contribution >= 0.6 is 0 Å². The molecule has 0 aliphatic carbocycles. The fraction of sp³-hybridized carbons (Fsp3) is 0.800. The molecule has 0 saturated heterocycles. The maximum atomic E-state index is 11.1. The van der Waals surface area contributed by atoms with Crippen LogP contribution in [0.15, 0.2) is 6.20 Å². The van der Waals surface area contributed by atoms with Gasteiger partial charge in [0, 0.05) is 32.3 Å². The van der Waals surface area contributed by atoms with Crippen LogP contribution in [0.5, 0.6) is 0 Å². The van der Waals surface area contributed by atoms with Crippen LogP contribution in [0.4, 0.5) is 0 Å². The summed E-state index contributed by atoms with van der Waals surface area (Å²) in [5.41, 5.74) is 1.06. The second kappa shape index (κ2) is 10.3. The van der Waals surface area contributed by atoms with Crippen molar-refractivity contribution in [2.75, 3.05) is 13.6 Å². The van der Waals surface area contributed by atoms with Crippen LogP contribution in [0.25, 0.3) is 0 Å². The smallest absolute Gasteiger partial charge is 0.219 e. The summed E-state index contributed by atoms with van der Waals surface area (Å²) in [4.78, 5) is 11.1. The molecule has 0 unspecified atom stereocenters. The van der Waals surface area contributed by atoms with Crippen molar-refractivity contribution in [1.82, 2.24) is 25.6 Å². The van der Waals surface area contributed by atoms with E-state index in [1.54, 1.807) is 7.05 Å². The molecule has 1 aromatic heterocycles. The highest BCUT2D eigenvalue weighted by Gasteiger charge is 2.02. The van der Waals surface area contributed by atoms with E-state index in [2.05, 4.69) is 34.8 Å². The number of aromatic nitrogens is 3. The molecule has 1 amide bonds. The molecule has 0 aromatic carbocycles. The van der Waals surface area contributed by atoms with Gasteiger partial charge in [0.25, 0.3) is 0 Å².